The van der Waals surface area contributed by atoms with E-state index in [0.717, 1.165) is 5.56 Å². The van der Waals surface area contributed by atoms with Crippen LogP contribution in [0.1, 0.15) is 39.0 Å². The number of aryl methyl sites for hydroxylation is 2. The molecule has 1 aromatic heterocycles. The highest BCUT2D eigenvalue weighted by atomic mass is 16.3. The van der Waals surface area contributed by atoms with Gasteiger partial charge in [-0.2, -0.15) is 0 Å². The molecule has 2 rings (SSSR count). The first kappa shape index (κ1) is 15.4. The van der Waals surface area contributed by atoms with Crippen molar-refractivity contribution >= 4 is 11.0 Å². The van der Waals surface area contributed by atoms with Gasteiger partial charge in [-0.15, -0.1) is 0 Å². The van der Waals surface area contributed by atoms with Gasteiger partial charge < -0.3 is 4.42 Å². The molecule has 0 aliphatic rings. The highest BCUT2D eigenvalue weighted by Crippen LogP contribution is 2.13. The molecule has 1 aromatic carbocycles. The van der Waals surface area contributed by atoms with Gasteiger partial charge in [-0.05, 0) is 31.5 Å². The summed E-state index contributed by atoms with van der Waals surface area (Å²) < 4.78 is 5.42. The Kier molecular flexibility index (Phi) is 6.95. The average Bonchev–Trinajstić information content (AvgIpc) is 2.33. The third-order valence-corrected chi connectivity index (χ3v) is 2.01. The molecule has 0 N–H and O–H groups in total. The van der Waals surface area contributed by atoms with Crippen LogP contribution in [-0.2, 0) is 0 Å². The molecule has 17 heavy (non-hydrogen) atoms. The SMILES string of the molecule is CC.CC.Cc1ccc2c(=O)cc(C)oc2c1. The molecule has 0 fully saturated rings. The molecule has 0 bridgehead atoms. The molecule has 1 heterocycles. The van der Waals surface area contributed by atoms with Crippen LogP contribution >= 0.6 is 0 Å². The first-order chi connectivity index (χ1) is 8.16. The molecular weight excluding hydrogens is 212 g/mol. The van der Waals surface area contributed by atoms with Crippen LogP contribution in [0.4, 0.5) is 0 Å². The average molecular weight is 234 g/mol. The van der Waals surface area contributed by atoms with Crippen molar-refractivity contribution in [2.75, 3.05) is 0 Å². The van der Waals surface area contributed by atoms with E-state index in [4.69, 9.17) is 4.42 Å². The molecule has 0 spiro atoms. The summed E-state index contributed by atoms with van der Waals surface area (Å²) in [4.78, 5) is 11.5. The Balaban J connectivity index is 0.000000581. The zero-order valence-corrected chi connectivity index (χ0v) is 11.6. The van der Waals surface area contributed by atoms with Crippen LogP contribution in [0.5, 0.6) is 0 Å². The summed E-state index contributed by atoms with van der Waals surface area (Å²) in [7, 11) is 0. The van der Waals surface area contributed by atoms with Gasteiger partial charge in [0.1, 0.15) is 11.3 Å². The molecule has 0 amide bonds. The van der Waals surface area contributed by atoms with Gasteiger partial charge in [0.15, 0.2) is 5.43 Å². The molecule has 0 unspecified atom stereocenters. The summed E-state index contributed by atoms with van der Waals surface area (Å²) in [6.07, 6.45) is 0. The van der Waals surface area contributed by atoms with Crippen LogP contribution < -0.4 is 5.43 Å². The summed E-state index contributed by atoms with van der Waals surface area (Å²) in [6.45, 7) is 11.8. The van der Waals surface area contributed by atoms with Crippen molar-refractivity contribution in [3.05, 3.63) is 45.8 Å². The predicted octanol–water partition coefficient (Wildman–Crippen LogP) is 4.46. The Morgan fingerprint density at radius 2 is 1.53 bits per heavy atom. The van der Waals surface area contributed by atoms with Crippen LogP contribution in [0.25, 0.3) is 11.0 Å². The van der Waals surface area contributed by atoms with E-state index < -0.39 is 0 Å². The van der Waals surface area contributed by atoms with Gasteiger partial charge in [-0.1, -0.05) is 33.8 Å². The van der Waals surface area contributed by atoms with Crippen molar-refractivity contribution in [2.45, 2.75) is 41.5 Å². The summed E-state index contributed by atoms with van der Waals surface area (Å²) in [5, 5.41) is 0.649. The maximum absolute atomic E-state index is 11.5. The second kappa shape index (κ2) is 7.66. The van der Waals surface area contributed by atoms with Crippen LogP contribution in [0.3, 0.4) is 0 Å². The first-order valence-electron chi connectivity index (χ1n) is 6.18. The van der Waals surface area contributed by atoms with E-state index in [9.17, 15) is 4.79 Å². The van der Waals surface area contributed by atoms with Crippen molar-refractivity contribution in [3.63, 3.8) is 0 Å². The summed E-state index contributed by atoms with van der Waals surface area (Å²) in [5.74, 6) is 0.656. The van der Waals surface area contributed by atoms with E-state index >= 15 is 0 Å². The Morgan fingerprint density at radius 3 is 2.12 bits per heavy atom. The van der Waals surface area contributed by atoms with Gasteiger partial charge >= 0.3 is 0 Å². The Hall–Kier alpha value is -1.57. The lowest BCUT2D eigenvalue weighted by molar-refractivity contribution is 0.564. The lowest BCUT2D eigenvalue weighted by atomic mass is 10.1. The van der Waals surface area contributed by atoms with Crippen molar-refractivity contribution in [2.24, 2.45) is 0 Å². The van der Waals surface area contributed by atoms with Crippen molar-refractivity contribution < 1.29 is 4.42 Å². The van der Waals surface area contributed by atoms with Gasteiger partial charge in [0.05, 0.1) is 5.39 Å². The highest BCUT2D eigenvalue weighted by molar-refractivity contribution is 5.76. The molecule has 0 radical (unpaired) electrons. The number of hydrogen-bond acceptors (Lipinski definition) is 2. The minimum Gasteiger partial charge on any atom is -0.461 e. The highest BCUT2D eigenvalue weighted by Gasteiger charge is 2.01. The first-order valence-corrected chi connectivity index (χ1v) is 6.18. The fourth-order valence-electron chi connectivity index (χ4n) is 1.38. The maximum Gasteiger partial charge on any atom is 0.192 e. The molecule has 0 atom stereocenters. The second-order valence-electron chi connectivity index (χ2n) is 3.22. The zero-order valence-electron chi connectivity index (χ0n) is 11.6. The molecule has 0 saturated carbocycles. The molecule has 2 aromatic rings. The Morgan fingerprint density at radius 1 is 0.941 bits per heavy atom. The molecule has 0 saturated heterocycles. The van der Waals surface area contributed by atoms with Crippen molar-refractivity contribution in [1.29, 1.82) is 0 Å². The lowest BCUT2D eigenvalue weighted by Gasteiger charge is -1.98. The Bertz CT molecular complexity index is 505. The quantitative estimate of drug-likeness (QED) is 0.673. The molecule has 0 aliphatic carbocycles. The van der Waals surface area contributed by atoms with Gasteiger partial charge in [0.2, 0.25) is 0 Å². The van der Waals surface area contributed by atoms with Crippen molar-refractivity contribution in [3.8, 4) is 0 Å². The second-order valence-corrected chi connectivity index (χ2v) is 3.22. The molecule has 2 nitrogen and oxygen atoms in total. The van der Waals surface area contributed by atoms with Crippen LogP contribution in [0.15, 0.2) is 33.5 Å². The van der Waals surface area contributed by atoms with Gasteiger partial charge in [0.25, 0.3) is 0 Å². The van der Waals surface area contributed by atoms with Crippen LogP contribution in [0, 0.1) is 13.8 Å². The summed E-state index contributed by atoms with van der Waals surface area (Å²) in [5.41, 5.74) is 1.80. The van der Waals surface area contributed by atoms with Crippen LogP contribution in [0.2, 0.25) is 0 Å². The zero-order chi connectivity index (χ0) is 13.4. The minimum atomic E-state index is 0.0266. The smallest absolute Gasteiger partial charge is 0.192 e. The monoisotopic (exact) mass is 234 g/mol. The number of hydrogen-bond donors (Lipinski definition) is 0. The number of benzene rings is 1. The van der Waals surface area contributed by atoms with Gasteiger partial charge in [-0.3, -0.25) is 4.79 Å². The van der Waals surface area contributed by atoms with E-state index in [-0.39, 0.29) is 5.43 Å². The molecular formula is C15H22O2. The van der Waals surface area contributed by atoms with Crippen molar-refractivity contribution in [1.82, 2.24) is 0 Å². The third kappa shape index (κ3) is 4.06. The van der Waals surface area contributed by atoms with E-state index in [1.165, 1.54) is 6.07 Å². The number of rotatable bonds is 0. The predicted molar refractivity (Wildman–Crippen MR) is 74.7 cm³/mol. The molecule has 2 heteroatoms. The van der Waals surface area contributed by atoms with Crippen LogP contribution in [-0.4, -0.2) is 0 Å². The van der Waals surface area contributed by atoms with Gasteiger partial charge in [0, 0.05) is 6.07 Å². The van der Waals surface area contributed by atoms with E-state index in [1.807, 2.05) is 46.8 Å². The Labute approximate surface area is 103 Å². The number of fused-ring (bicyclic) bond motifs is 1. The molecule has 94 valence electrons. The van der Waals surface area contributed by atoms with Gasteiger partial charge in [-0.25, -0.2) is 0 Å². The fraction of sp³-hybridized carbons (Fsp3) is 0.400. The van der Waals surface area contributed by atoms with E-state index in [0.29, 0.717) is 16.7 Å². The normalized spacial score (nSPS) is 8.82. The topological polar surface area (TPSA) is 30.2 Å². The fourth-order valence-corrected chi connectivity index (χ4v) is 1.38. The third-order valence-electron chi connectivity index (χ3n) is 2.01. The lowest BCUT2D eigenvalue weighted by Crippen LogP contribution is -1.99. The summed E-state index contributed by atoms with van der Waals surface area (Å²) >= 11 is 0. The standard InChI is InChI=1S/C11H10O2.2C2H6/c1-7-3-4-9-10(12)6-8(2)13-11(9)5-7;2*1-2/h3-6H,1-2H3;2*1-2H3. The maximum atomic E-state index is 11.5. The van der Waals surface area contributed by atoms with E-state index in [2.05, 4.69) is 0 Å². The molecule has 0 aliphatic heterocycles. The minimum absolute atomic E-state index is 0.0266. The largest absolute Gasteiger partial charge is 0.461 e. The summed E-state index contributed by atoms with van der Waals surface area (Å²) in [6, 6.07) is 7.10. The van der Waals surface area contributed by atoms with E-state index in [1.54, 1.807) is 13.0 Å².